The first-order valence-corrected chi connectivity index (χ1v) is 5.60. The molecule has 0 bridgehead atoms. The average molecular weight is 242 g/mol. The van der Waals surface area contributed by atoms with Crippen molar-refractivity contribution in [2.45, 2.75) is 0 Å². The number of nitrogens with one attached hydrogen (secondary N) is 1. The van der Waals surface area contributed by atoms with E-state index in [9.17, 15) is 9.00 Å². The molecule has 0 fully saturated rings. The quantitative estimate of drug-likeness (QED) is 0.744. The van der Waals surface area contributed by atoms with Gasteiger partial charge < -0.3 is 9.64 Å². The first-order chi connectivity index (χ1) is 7.59. The number of nitrogens with zero attached hydrogens (tertiary/aromatic N) is 1. The minimum Gasteiger partial charge on any atom is -0.479 e. The number of carbonyl (C=O) groups is 1. The van der Waals surface area contributed by atoms with E-state index in [-0.39, 0.29) is 12.5 Å². The maximum atomic E-state index is 11.4. The Labute approximate surface area is 94.6 Å². The number of fused-ring (bicyclic) bond motifs is 1. The van der Waals surface area contributed by atoms with Crippen molar-refractivity contribution in [1.29, 1.82) is 0 Å². The molecule has 16 heavy (non-hydrogen) atoms. The van der Waals surface area contributed by atoms with Gasteiger partial charge in [0.15, 0.2) is 12.4 Å². The Bertz CT molecular complexity index is 463. The van der Waals surface area contributed by atoms with Gasteiger partial charge in [0.25, 0.3) is 17.2 Å². The molecule has 1 aromatic rings. The molecule has 2 rings (SSSR count). The van der Waals surface area contributed by atoms with Gasteiger partial charge in [-0.25, -0.2) is 4.21 Å². The van der Waals surface area contributed by atoms with E-state index >= 15 is 0 Å². The summed E-state index contributed by atoms with van der Waals surface area (Å²) in [5.41, 5.74) is 0.962. The monoisotopic (exact) mass is 242 g/mol. The highest BCUT2D eigenvalue weighted by atomic mass is 32.2. The van der Waals surface area contributed by atoms with Gasteiger partial charge in [0.1, 0.15) is 0 Å². The summed E-state index contributed by atoms with van der Waals surface area (Å²) in [7, 11) is 1.63. The van der Waals surface area contributed by atoms with E-state index < -0.39 is 11.3 Å². The van der Waals surface area contributed by atoms with Crippen molar-refractivity contribution in [2.24, 2.45) is 0 Å². The molecule has 7 heteroatoms. The van der Waals surface area contributed by atoms with Crippen molar-refractivity contribution in [1.82, 2.24) is 0 Å². The third-order valence-corrected chi connectivity index (χ3v) is 2.66. The van der Waals surface area contributed by atoms with Crippen LogP contribution in [0.4, 0.5) is 11.4 Å². The molecular weight excluding hydrogens is 232 g/mol. The average Bonchev–Trinajstić information content (AvgIpc) is 2.23. The van der Waals surface area contributed by atoms with Crippen LogP contribution in [0.5, 0.6) is 5.75 Å². The third-order valence-electron chi connectivity index (χ3n) is 2.27. The lowest BCUT2D eigenvalue weighted by atomic mass is 10.2. The van der Waals surface area contributed by atoms with Gasteiger partial charge in [0.2, 0.25) is 0 Å². The zero-order valence-electron chi connectivity index (χ0n) is 8.47. The van der Waals surface area contributed by atoms with Crippen LogP contribution < -0.4 is 14.4 Å². The number of hydrogen-bond donors (Lipinski definition) is 2. The molecule has 1 heterocycles. The zero-order valence-corrected chi connectivity index (χ0v) is 9.28. The summed E-state index contributed by atoms with van der Waals surface area (Å²) in [6, 6.07) is 4.99. The van der Waals surface area contributed by atoms with Gasteiger partial charge in [-0.1, -0.05) is 6.07 Å². The van der Waals surface area contributed by atoms with Gasteiger partial charge in [-0.15, -0.1) is 0 Å². The predicted octanol–water partition coefficient (Wildman–Crippen LogP) is 0.590. The van der Waals surface area contributed by atoms with E-state index in [1.807, 2.05) is 0 Å². The fourth-order valence-corrected chi connectivity index (χ4v) is 1.83. The van der Waals surface area contributed by atoms with Gasteiger partial charge in [0.05, 0.1) is 11.4 Å². The van der Waals surface area contributed by atoms with Crippen LogP contribution in [0.25, 0.3) is 0 Å². The third kappa shape index (κ3) is 1.86. The van der Waals surface area contributed by atoms with Crippen molar-refractivity contribution < 1.29 is 18.3 Å². The van der Waals surface area contributed by atoms with Gasteiger partial charge in [-0.05, 0) is 12.1 Å². The Morgan fingerprint density at radius 2 is 2.31 bits per heavy atom. The van der Waals surface area contributed by atoms with Crippen molar-refractivity contribution in [3.8, 4) is 5.75 Å². The lowest BCUT2D eigenvalue weighted by Crippen LogP contribution is -2.35. The summed E-state index contributed by atoms with van der Waals surface area (Å²) in [5.74, 6) is 0.252. The van der Waals surface area contributed by atoms with Crippen LogP contribution in [-0.4, -0.2) is 28.3 Å². The minimum atomic E-state index is -2.17. The Kier molecular flexibility index (Phi) is 2.80. The van der Waals surface area contributed by atoms with Crippen LogP contribution >= 0.6 is 0 Å². The van der Waals surface area contributed by atoms with E-state index in [1.165, 1.54) is 4.90 Å². The number of amides is 1. The molecule has 1 aliphatic rings. The summed E-state index contributed by atoms with van der Waals surface area (Å²) >= 11 is -2.17. The van der Waals surface area contributed by atoms with E-state index in [1.54, 1.807) is 25.2 Å². The normalized spacial score (nSPS) is 16.4. The van der Waals surface area contributed by atoms with Crippen LogP contribution in [0, 0.1) is 0 Å². The lowest BCUT2D eigenvalue weighted by molar-refractivity contribution is -0.120. The Balaban J connectivity index is 2.44. The molecule has 0 aromatic heterocycles. The molecule has 1 amide bonds. The molecule has 0 saturated carbocycles. The number of rotatable bonds is 2. The van der Waals surface area contributed by atoms with Crippen LogP contribution in [0.15, 0.2) is 18.2 Å². The van der Waals surface area contributed by atoms with Crippen LogP contribution in [0.3, 0.4) is 0 Å². The van der Waals surface area contributed by atoms with E-state index in [0.717, 1.165) is 0 Å². The topological polar surface area (TPSA) is 78.9 Å². The summed E-state index contributed by atoms with van der Waals surface area (Å²) in [6.07, 6.45) is 0. The zero-order chi connectivity index (χ0) is 11.7. The smallest absolute Gasteiger partial charge is 0.264 e. The first-order valence-electron chi connectivity index (χ1n) is 4.49. The van der Waals surface area contributed by atoms with Crippen molar-refractivity contribution in [2.75, 3.05) is 23.3 Å². The summed E-state index contributed by atoms with van der Waals surface area (Å²) < 4.78 is 27.0. The second-order valence-corrected chi connectivity index (χ2v) is 3.95. The first kappa shape index (κ1) is 10.9. The predicted molar refractivity (Wildman–Crippen MR) is 59.7 cm³/mol. The molecule has 1 aromatic carbocycles. The highest BCUT2D eigenvalue weighted by Crippen LogP contribution is 2.37. The fourth-order valence-electron chi connectivity index (χ4n) is 1.48. The Morgan fingerprint density at radius 3 is 3.00 bits per heavy atom. The maximum absolute atomic E-state index is 11.4. The number of ether oxygens (including phenoxy) is 1. The van der Waals surface area contributed by atoms with Gasteiger partial charge in [0, 0.05) is 7.05 Å². The number of para-hydroxylation sites is 1. The molecule has 2 N–H and O–H groups in total. The van der Waals surface area contributed by atoms with Crippen molar-refractivity contribution in [3.63, 3.8) is 0 Å². The SMILES string of the molecule is CN1C(=O)COc2c(NS(=O)O)cccc21. The molecule has 6 nitrogen and oxygen atoms in total. The molecule has 0 spiro atoms. The molecule has 0 saturated heterocycles. The number of hydrogen-bond acceptors (Lipinski definition) is 3. The molecule has 1 unspecified atom stereocenters. The molecule has 1 atom stereocenters. The summed E-state index contributed by atoms with van der Waals surface area (Å²) in [5, 5.41) is 0. The standard InChI is InChI=1S/C9H10N2O4S/c1-11-7-4-2-3-6(10-16(13)14)9(7)15-5-8(11)12/h2-4,10H,5H2,1H3,(H,13,14). The number of benzene rings is 1. The second-order valence-electron chi connectivity index (χ2n) is 3.25. The highest BCUT2D eigenvalue weighted by molar-refractivity contribution is 7.80. The molecule has 0 radical (unpaired) electrons. The number of anilines is 2. The number of likely N-dealkylation sites (N-methyl/N-ethyl adjacent to an activating group) is 1. The van der Waals surface area contributed by atoms with E-state index in [2.05, 4.69) is 4.72 Å². The van der Waals surface area contributed by atoms with Crippen LogP contribution in [0.1, 0.15) is 0 Å². The Hall–Kier alpha value is -1.60. The molecule has 1 aliphatic heterocycles. The van der Waals surface area contributed by atoms with Gasteiger partial charge in [-0.3, -0.25) is 14.1 Å². The molecule has 0 aliphatic carbocycles. The highest BCUT2D eigenvalue weighted by Gasteiger charge is 2.24. The number of carbonyl (C=O) groups excluding carboxylic acids is 1. The fraction of sp³-hybridized carbons (Fsp3) is 0.222. The van der Waals surface area contributed by atoms with Crippen molar-refractivity contribution >= 4 is 28.5 Å². The molecular formula is C9H10N2O4S. The van der Waals surface area contributed by atoms with E-state index in [4.69, 9.17) is 9.29 Å². The summed E-state index contributed by atoms with van der Waals surface area (Å²) in [4.78, 5) is 12.8. The van der Waals surface area contributed by atoms with Gasteiger partial charge >= 0.3 is 0 Å². The minimum absolute atomic E-state index is 0.0692. The molecule has 86 valence electrons. The maximum Gasteiger partial charge on any atom is 0.264 e. The lowest BCUT2D eigenvalue weighted by Gasteiger charge is -2.27. The van der Waals surface area contributed by atoms with Crippen molar-refractivity contribution in [3.05, 3.63) is 18.2 Å². The van der Waals surface area contributed by atoms with Gasteiger partial charge in [-0.2, -0.15) is 0 Å². The van der Waals surface area contributed by atoms with Crippen LogP contribution in [0.2, 0.25) is 0 Å². The van der Waals surface area contributed by atoms with Crippen LogP contribution in [-0.2, 0) is 16.1 Å². The Morgan fingerprint density at radius 1 is 1.56 bits per heavy atom. The second kappa shape index (κ2) is 4.11. The largest absolute Gasteiger partial charge is 0.479 e. The summed E-state index contributed by atoms with van der Waals surface area (Å²) in [6.45, 7) is -0.0692. The van der Waals surface area contributed by atoms with E-state index in [0.29, 0.717) is 17.1 Å².